The van der Waals surface area contributed by atoms with Crippen molar-refractivity contribution in [2.45, 2.75) is 6.54 Å². The van der Waals surface area contributed by atoms with E-state index >= 15 is 0 Å². The quantitative estimate of drug-likeness (QED) is 0.900. The number of carbonyl (C=O) groups excluding carboxylic acids is 1. The van der Waals surface area contributed by atoms with E-state index in [2.05, 4.69) is 15.6 Å². The van der Waals surface area contributed by atoms with Crippen molar-refractivity contribution in [3.63, 3.8) is 0 Å². The van der Waals surface area contributed by atoms with Crippen molar-refractivity contribution in [1.82, 2.24) is 14.9 Å². The summed E-state index contributed by atoms with van der Waals surface area (Å²) in [6.07, 6.45) is 3.54. The van der Waals surface area contributed by atoms with Crippen LogP contribution in [-0.2, 0) is 13.6 Å². The molecule has 1 aromatic heterocycles. The minimum Gasteiger partial charge on any atom is -0.379 e. The fourth-order valence-electron chi connectivity index (χ4n) is 1.69. The Morgan fingerprint density at radius 2 is 2.26 bits per heavy atom. The molecular weight excluding hydrogens is 264 g/mol. The first-order valence-electron chi connectivity index (χ1n) is 5.82. The molecule has 0 saturated heterocycles. The number of hydrogen-bond donors (Lipinski definition) is 2. The summed E-state index contributed by atoms with van der Waals surface area (Å²) < 4.78 is 1.93. The van der Waals surface area contributed by atoms with E-state index in [1.807, 2.05) is 17.7 Å². The minimum absolute atomic E-state index is 0.200. The van der Waals surface area contributed by atoms with E-state index in [4.69, 9.17) is 11.6 Å². The molecule has 0 fully saturated rings. The van der Waals surface area contributed by atoms with Gasteiger partial charge in [-0.15, -0.1) is 0 Å². The zero-order valence-electron chi connectivity index (χ0n) is 10.8. The number of aryl methyl sites for hydroxylation is 1. The van der Waals surface area contributed by atoms with Crippen molar-refractivity contribution in [3.8, 4) is 0 Å². The van der Waals surface area contributed by atoms with E-state index in [1.54, 1.807) is 31.7 Å². The zero-order valence-corrected chi connectivity index (χ0v) is 11.5. The summed E-state index contributed by atoms with van der Waals surface area (Å²) in [5.74, 6) is -0.200. The maximum Gasteiger partial charge on any atom is 0.252 e. The lowest BCUT2D eigenvalue weighted by Crippen LogP contribution is -2.18. The second-order valence-electron chi connectivity index (χ2n) is 4.12. The molecule has 1 heterocycles. The molecule has 0 aliphatic heterocycles. The molecule has 2 aromatic rings. The van der Waals surface area contributed by atoms with Gasteiger partial charge in [-0.1, -0.05) is 11.6 Å². The monoisotopic (exact) mass is 278 g/mol. The van der Waals surface area contributed by atoms with E-state index in [0.29, 0.717) is 17.1 Å². The average molecular weight is 279 g/mol. The summed E-state index contributed by atoms with van der Waals surface area (Å²) in [4.78, 5) is 15.7. The Hall–Kier alpha value is -2.01. The molecule has 19 heavy (non-hydrogen) atoms. The standard InChI is InChI=1S/C13H15ClN4O/c1-15-13(19)11-5-9(3-4-12(11)14)17-7-10-6-16-8-18(10)2/h3-6,8,17H,7H2,1-2H3,(H,15,19). The number of anilines is 1. The maximum atomic E-state index is 11.6. The number of carbonyl (C=O) groups is 1. The van der Waals surface area contributed by atoms with Gasteiger partial charge in [0.25, 0.3) is 5.91 Å². The average Bonchev–Trinajstić information content (AvgIpc) is 2.82. The van der Waals surface area contributed by atoms with Crippen LogP contribution in [0.4, 0.5) is 5.69 Å². The predicted octanol–water partition coefficient (Wildman–Crippen LogP) is 2.05. The van der Waals surface area contributed by atoms with Gasteiger partial charge in [0.1, 0.15) is 0 Å². The Morgan fingerprint density at radius 3 is 2.89 bits per heavy atom. The molecular formula is C13H15ClN4O. The topological polar surface area (TPSA) is 59.0 Å². The molecule has 2 N–H and O–H groups in total. The lowest BCUT2D eigenvalue weighted by molar-refractivity contribution is 0.0963. The molecule has 0 spiro atoms. The van der Waals surface area contributed by atoms with Crippen molar-refractivity contribution in [3.05, 3.63) is 47.0 Å². The summed E-state index contributed by atoms with van der Waals surface area (Å²) in [5.41, 5.74) is 2.35. The molecule has 0 bridgehead atoms. The van der Waals surface area contributed by atoms with Crippen LogP contribution in [0.3, 0.4) is 0 Å². The molecule has 0 aliphatic rings. The number of rotatable bonds is 4. The normalized spacial score (nSPS) is 10.3. The van der Waals surface area contributed by atoms with Gasteiger partial charge in [0.2, 0.25) is 0 Å². The molecule has 0 saturated carbocycles. The predicted molar refractivity (Wildman–Crippen MR) is 75.4 cm³/mol. The number of hydrogen-bond acceptors (Lipinski definition) is 3. The number of nitrogens with one attached hydrogen (secondary N) is 2. The third kappa shape index (κ3) is 3.06. The second-order valence-corrected chi connectivity index (χ2v) is 4.53. The SMILES string of the molecule is CNC(=O)c1cc(NCc2cncn2C)ccc1Cl. The molecule has 1 amide bonds. The number of amides is 1. The van der Waals surface area contributed by atoms with Crippen molar-refractivity contribution in [2.24, 2.45) is 7.05 Å². The van der Waals surface area contributed by atoms with Crippen LogP contribution in [0.2, 0.25) is 5.02 Å². The Morgan fingerprint density at radius 1 is 1.47 bits per heavy atom. The van der Waals surface area contributed by atoms with Crippen LogP contribution >= 0.6 is 11.6 Å². The van der Waals surface area contributed by atoms with Crippen molar-refractivity contribution in [2.75, 3.05) is 12.4 Å². The number of halogens is 1. The van der Waals surface area contributed by atoms with Gasteiger partial charge < -0.3 is 15.2 Å². The highest BCUT2D eigenvalue weighted by Gasteiger charge is 2.09. The van der Waals surface area contributed by atoms with E-state index in [-0.39, 0.29) is 5.91 Å². The summed E-state index contributed by atoms with van der Waals surface area (Å²) in [6.45, 7) is 0.630. The molecule has 0 atom stereocenters. The zero-order chi connectivity index (χ0) is 13.8. The van der Waals surface area contributed by atoms with Crippen molar-refractivity contribution < 1.29 is 4.79 Å². The van der Waals surface area contributed by atoms with Crippen LogP contribution < -0.4 is 10.6 Å². The second kappa shape index (κ2) is 5.75. The van der Waals surface area contributed by atoms with Gasteiger partial charge in [0.15, 0.2) is 0 Å². The first kappa shape index (κ1) is 13.4. The van der Waals surface area contributed by atoms with E-state index < -0.39 is 0 Å². The van der Waals surface area contributed by atoms with Crippen molar-refractivity contribution in [1.29, 1.82) is 0 Å². The Labute approximate surface area is 116 Å². The molecule has 0 radical (unpaired) electrons. The van der Waals surface area contributed by atoms with Crippen LogP contribution in [0.1, 0.15) is 16.1 Å². The molecule has 6 heteroatoms. The van der Waals surface area contributed by atoms with Crippen LogP contribution in [0.25, 0.3) is 0 Å². The van der Waals surface area contributed by atoms with Gasteiger partial charge in [-0.05, 0) is 18.2 Å². The smallest absolute Gasteiger partial charge is 0.252 e. The van der Waals surface area contributed by atoms with Crippen LogP contribution in [0.5, 0.6) is 0 Å². The first-order chi connectivity index (χ1) is 9.11. The van der Waals surface area contributed by atoms with E-state index in [9.17, 15) is 4.79 Å². The Kier molecular flexibility index (Phi) is 4.06. The summed E-state index contributed by atoms with van der Waals surface area (Å²) in [7, 11) is 3.51. The van der Waals surface area contributed by atoms with Crippen LogP contribution in [-0.4, -0.2) is 22.5 Å². The minimum atomic E-state index is -0.200. The molecule has 2 rings (SSSR count). The lowest BCUT2D eigenvalue weighted by atomic mass is 10.2. The molecule has 0 unspecified atom stereocenters. The fraction of sp³-hybridized carbons (Fsp3) is 0.231. The van der Waals surface area contributed by atoms with E-state index in [1.165, 1.54) is 0 Å². The highest BCUT2D eigenvalue weighted by molar-refractivity contribution is 6.34. The molecule has 1 aromatic carbocycles. The van der Waals surface area contributed by atoms with Gasteiger partial charge in [0.05, 0.1) is 29.2 Å². The number of benzene rings is 1. The van der Waals surface area contributed by atoms with Gasteiger partial charge in [-0.2, -0.15) is 0 Å². The van der Waals surface area contributed by atoms with E-state index in [0.717, 1.165) is 11.4 Å². The lowest BCUT2D eigenvalue weighted by Gasteiger charge is -2.09. The van der Waals surface area contributed by atoms with Crippen LogP contribution in [0, 0.1) is 0 Å². The third-order valence-electron chi connectivity index (χ3n) is 2.83. The highest BCUT2D eigenvalue weighted by atomic mass is 35.5. The molecule has 100 valence electrons. The highest BCUT2D eigenvalue weighted by Crippen LogP contribution is 2.21. The van der Waals surface area contributed by atoms with Crippen LogP contribution in [0.15, 0.2) is 30.7 Å². The molecule has 0 aliphatic carbocycles. The Bertz CT molecular complexity index is 594. The molecule has 5 nitrogen and oxygen atoms in total. The maximum absolute atomic E-state index is 11.6. The summed E-state index contributed by atoms with van der Waals surface area (Å²) in [6, 6.07) is 5.28. The number of aromatic nitrogens is 2. The van der Waals surface area contributed by atoms with Gasteiger partial charge in [-0.3, -0.25) is 4.79 Å². The third-order valence-corrected chi connectivity index (χ3v) is 3.16. The van der Waals surface area contributed by atoms with Crippen molar-refractivity contribution >= 4 is 23.2 Å². The fourth-order valence-corrected chi connectivity index (χ4v) is 1.89. The number of nitrogens with zero attached hydrogens (tertiary/aromatic N) is 2. The van der Waals surface area contributed by atoms with Gasteiger partial charge in [-0.25, -0.2) is 4.98 Å². The largest absolute Gasteiger partial charge is 0.379 e. The Balaban J connectivity index is 2.13. The first-order valence-corrected chi connectivity index (χ1v) is 6.20. The number of imidazole rings is 1. The van der Waals surface area contributed by atoms with Gasteiger partial charge >= 0.3 is 0 Å². The summed E-state index contributed by atoms with van der Waals surface area (Å²) >= 11 is 5.99. The summed E-state index contributed by atoms with van der Waals surface area (Å²) in [5, 5.41) is 6.23. The van der Waals surface area contributed by atoms with Gasteiger partial charge in [0, 0.05) is 26.0 Å².